The smallest absolute Gasteiger partial charge is 0.228 e. The van der Waals surface area contributed by atoms with Crippen molar-refractivity contribution in [3.63, 3.8) is 0 Å². The van der Waals surface area contributed by atoms with Crippen LogP contribution in [0.5, 0.6) is 0 Å². The highest BCUT2D eigenvalue weighted by molar-refractivity contribution is 5.91. The molecule has 1 aromatic rings. The zero-order valence-corrected chi connectivity index (χ0v) is 12.0. The molecule has 1 N–H and O–H groups in total. The highest BCUT2D eigenvalue weighted by Crippen LogP contribution is 2.23. The third kappa shape index (κ3) is 3.69. The number of carbonyl (C=O) groups excluding carboxylic acids is 1. The van der Waals surface area contributed by atoms with Crippen molar-refractivity contribution < 1.29 is 4.79 Å². The van der Waals surface area contributed by atoms with Gasteiger partial charge in [0.1, 0.15) is 5.82 Å². The summed E-state index contributed by atoms with van der Waals surface area (Å²) in [5, 5.41) is 2.81. The molecule has 2 rings (SSSR count). The molecular formula is C15H23N3O. The summed E-state index contributed by atoms with van der Waals surface area (Å²) in [4.78, 5) is 18.3. The van der Waals surface area contributed by atoms with Crippen molar-refractivity contribution >= 4 is 17.4 Å². The van der Waals surface area contributed by atoms with Gasteiger partial charge in [-0.1, -0.05) is 20.8 Å². The second-order valence-corrected chi connectivity index (χ2v) is 5.74. The Balaban J connectivity index is 2.00. The number of hydrogen-bond donors (Lipinski definition) is 1. The molecule has 2 heterocycles. The van der Waals surface area contributed by atoms with Crippen molar-refractivity contribution in [3.05, 3.63) is 18.3 Å². The van der Waals surface area contributed by atoms with E-state index in [1.807, 2.05) is 32.2 Å². The lowest BCUT2D eigenvalue weighted by Gasteiger charge is -2.32. The van der Waals surface area contributed by atoms with E-state index in [-0.39, 0.29) is 11.8 Å². The third-order valence-corrected chi connectivity index (χ3v) is 3.55. The summed E-state index contributed by atoms with van der Waals surface area (Å²) >= 11 is 0. The lowest BCUT2D eigenvalue weighted by molar-refractivity contribution is -0.118. The van der Waals surface area contributed by atoms with Crippen molar-refractivity contribution in [2.75, 3.05) is 23.3 Å². The monoisotopic (exact) mass is 261 g/mol. The van der Waals surface area contributed by atoms with E-state index in [0.29, 0.717) is 5.82 Å². The first kappa shape index (κ1) is 13.8. The average molecular weight is 261 g/mol. The maximum atomic E-state index is 11.6. The number of nitrogens with one attached hydrogen (secondary N) is 1. The van der Waals surface area contributed by atoms with Crippen LogP contribution < -0.4 is 10.2 Å². The van der Waals surface area contributed by atoms with Gasteiger partial charge in [-0.2, -0.15) is 0 Å². The van der Waals surface area contributed by atoms with E-state index >= 15 is 0 Å². The lowest BCUT2D eigenvalue weighted by Crippen LogP contribution is -2.34. The Morgan fingerprint density at radius 1 is 1.47 bits per heavy atom. The van der Waals surface area contributed by atoms with Gasteiger partial charge in [0.25, 0.3) is 0 Å². The minimum absolute atomic E-state index is 0.00634. The number of hydrogen-bond acceptors (Lipinski definition) is 3. The largest absolute Gasteiger partial charge is 0.370 e. The highest BCUT2D eigenvalue weighted by atomic mass is 16.1. The Morgan fingerprint density at radius 2 is 2.26 bits per heavy atom. The third-order valence-electron chi connectivity index (χ3n) is 3.55. The Bertz CT molecular complexity index is 428. The summed E-state index contributed by atoms with van der Waals surface area (Å²) in [5.41, 5.74) is 1.15. The SMILES string of the molecule is CC1CCCN(c2ccc(NC(=O)C(C)C)nc2)C1. The standard InChI is InChI=1S/C15H23N3O/c1-11(2)15(19)17-14-7-6-13(9-16-14)18-8-4-5-12(3)10-18/h6-7,9,11-12H,4-5,8,10H2,1-3H3,(H,16,17,19). The van der Waals surface area contributed by atoms with Crippen LogP contribution in [0.15, 0.2) is 18.3 Å². The Morgan fingerprint density at radius 3 is 2.84 bits per heavy atom. The minimum atomic E-state index is -0.0237. The number of piperidine rings is 1. The van der Waals surface area contributed by atoms with Crippen molar-refractivity contribution in [2.45, 2.75) is 33.6 Å². The molecule has 0 aromatic carbocycles. The zero-order chi connectivity index (χ0) is 13.8. The molecule has 1 unspecified atom stereocenters. The molecule has 0 bridgehead atoms. The summed E-state index contributed by atoms with van der Waals surface area (Å²) in [6.07, 6.45) is 4.41. The maximum Gasteiger partial charge on any atom is 0.228 e. The van der Waals surface area contributed by atoms with E-state index in [2.05, 4.69) is 22.1 Å². The van der Waals surface area contributed by atoms with Crippen LogP contribution in [0.1, 0.15) is 33.6 Å². The topological polar surface area (TPSA) is 45.2 Å². The van der Waals surface area contributed by atoms with Crippen molar-refractivity contribution in [1.29, 1.82) is 0 Å². The molecule has 4 nitrogen and oxygen atoms in total. The van der Waals surface area contributed by atoms with Crippen molar-refractivity contribution in [2.24, 2.45) is 11.8 Å². The predicted molar refractivity (Wildman–Crippen MR) is 78.3 cm³/mol. The van der Waals surface area contributed by atoms with Gasteiger partial charge in [0.15, 0.2) is 0 Å². The second-order valence-electron chi connectivity index (χ2n) is 5.74. The van der Waals surface area contributed by atoms with Gasteiger partial charge >= 0.3 is 0 Å². The van der Waals surface area contributed by atoms with Gasteiger partial charge < -0.3 is 10.2 Å². The Hall–Kier alpha value is -1.58. The van der Waals surface area contributed by atoms with Crippen LogP contribution in [0.3, 0.4) is 0 Å². The summed E-state index contributed by atoms with van der Waals surface area (Å²) in [6, 6.07) is 3.93. The fourth-order valence-electron chi connectivity index (χ4n) is 2.34. The van der Waals surface area contributed by atoms with Gasteiger partial charge in [-0.25, -0.2) is 4.98 Å². The van der Waals surface area contributed by atoms with Gasteiger partial charge in [0, 0.05) is 19.0 Å². The second kappa shape index (κ2) is 6.04. The average Bonchev–Trinajstić information content (AvgIpc) is 2.39. The van der Waals surface area contributed by atoms with E-state index in [9.17, 15) is 4.79 Å². The first-order chi connectivity index (χ1) is 9.06. The van der Waals surface area contributed by atoms with Crippen molar-refractivity contribution in [1.82, 2.24) is 4.98 Å². The molecule has 0 aliphatic carbocycles. The summed E-state index contributed by atoms with van der Waals surface area (Å²) < 4.78 is 0. The fourth-order valence-corrected chi connectivity index (χ4v) is 2.34. The number of rotatable bonds is 3. The molecule has 104 valence electrons. The summed E-state index contributed by atoms with van der Waals surface area (Å²) in [6.45, 7) is 8.23. The van der Waals surface area contributed by atoms with Crippen LogP contribution in [0.25, 0.3) is 0 Å². The first-order valence-corrected chi connectivity index (χ1v) is 7.08. The number of anilines is 2. The van der Waals surface area contributed by atoms with Gasteiger partial charge in [-0.15, -0.1) is 0 Å². The number of pyridine rings is 1. The van der Waals surface area contributed by atoms with Crippen LogP contribution in [0, 0.1) is 11.8 Å². The number of amides is 1. The zero-order valence-electron chi connectivity index (χ0n) is 12.0. The predicted octanol–water partition coefficient (Wildman–Crippen LogP) is 2.91. The minimum Gasteiger partial charge on any atom is -0.370 e. The van der Waals surface area contributed by atoms with E-state index in [1.54, 1.807) is 0 Å². The van der Waals surface area contributed by atoms with Crippen LogP contribution in [0.2, 0.25) is 0 Å². The molecule has 1 saturated heterocycles. The molecule has 1 aliphatic heterocycles. The van der Waals surface area contributed by atoms with E-state index in [0.717, 1.165) is 24.7 Å². The Kier molecular flexibility index (Phi) is 4.40. The number of aromatic nitrogens is 1. The van der Waals surface area contributed by atoms with Crippen LogP contribution in [-0.4, -0.2) is 24.0 Å². The van der Waals surface area contributed by atoms with Crippen LogP contribution in [-0.2, 0) is 4.79 Å². The lowest BCUT2D eigenvalue weighted by atomic mass is 10.00. The molecule has 0 radical (unpaired) electrons. The molecule has 1 aromatic heterocycles. The molecule has 1 aliphatic rings. The molecule has 0 saturated carbocycles. The molecular weight excluding hydrogens is 238 g/mol. The van der Waals surface area contributed by atoms with Crippen molar-refractivity contribution in [3.8, 4) is 0 Å². The van der Waals surface area contributed by atoms with Gasteiger partial charge in [0.05, 0.1) is 11.9 Å². The van der Waals surface area contributed by atoms with E-state index in [1.165, 1.54) is 12.8 Å². The molecule has 1 atom stereocenters. The van der Waals surface area contributed by atoms with E-state index < -0.39 is 0 Å². The number of carbonyl (C=O) groups is 1. The molecule has 0 spiro atoms. The Labute approximate surface area is 115 Å². The fraction of sp³-hybridized carbons (Fsp3) is 0.600. The number of nitrogens with zero attached hydrogens (tertiary/aromatic N) is 2. The van der Waals surface area contributed by atoms with Gasteiger partial charge in [0.2, 0.25) is 5.91 Å². The maximum absolute atomic E-state index is 11.6. The van der Waals surface area contributed by atoms with E-state index in [4.69, 9.17) is 0 Å². The summed E-state index contributed by atoms with van der Waals surface area (Å²) in [7, 11) is 0. The first-order valence-electron chi connectivity index (χ1n) is 7.08. The summed E-state index contributed by atoms with van der Waals surface area (Å²) in [5.74, 6) is 1.36. The van der Waals surface area contributed by atoms with Crippen LogP contribution >= 0.6 is 0 Å². The van der Waals surface area contributed by atoms with Gasteiger partial charge in [-0.3, -0.25) is 4.79 Å². The quantitative estimate of drug-likeness (QED) is 0.910. The highest BCUT2D eigenvalue weighted by Gasteiger charge is 2.17. The normalized spacial score (nSPS) is 19.6. The molecule has 19 heavy (non-hydrogen) atoms. The molecule has 4 heteroatoms. The van der Waals surface area contributed by atoms with Crippen LogP contribution in [0.4, 0.5) is 11.5 Å². The molecule has 1 fully saturated rings. The van der Waals surface area contributed by atoms with Gasteiger partial charge in [-0.05, 0) is 30.9 Å². The molecule has 1 amide bonds.